The van der Waals surface area contributed by atoms with Crippen LogP contribution in [0.2, 0.25) is 0 Å². The summed E-state index contributed by atoms with van der Waals surface area (Å²) in [6.45, 7) is 0.938. The van der Waals surface area contributed by atoms with Crippen molar-refractivity contribution in [2.24, 2.45) is 5.41 Å². The maximum absolute atomic E-state index is 8.85. The summed E-state index contributed by atoms with van der Waals surface area (Å²) in [6, 6.07) is 10.4. The van der Waals surface area contributed by atoms with Gasteiger partial charge >= 0.3 is 0 Å². The van der Waals surface area contributed by atoms with Gasteiger partial charge in [0.2, 0.25) is 0 Å². The number of nitriles is 1. The zero-order chi connectivity index (χ0) is 11.9. The summed E-state index contributed by atoms with van der Waals surface area (Å²) in [5.41, 5.74) is 8.17. The van der Waals surface area contributed by atoms with Crippen LogP contribution in [0.1, 0.15) is 19.3 Å². The summed E-state index contributed by atoms with van der Waals surface area (Å²) in [5.74, 6) is 0. The quantitative estimate of drug-likeness (QED) is 0.816. The van der Waals surface area contributed by atoms with Crippen LogP contribution >= 0.6 is 0 Å². The van der Waals surface area contributed by atoms with Crippen molar-refractivity contribution in [1.82, 2.24) is 4.57 Å². The molecular weight excluding hydrogens is 210 g/mol. The second-order valence-corrected chi connectivity index (χ2v) is 5.06. The number of aromatic nitrogens is 1. The predicted octanol–water partition coefficient (Wildman–Crippen LogP) is 2.92. The number of nitrogens with zero attached hydrogens (tertiary/aromatic N) is 2. The van der Waals surface area contributed by atoms with Crippen molar-refractivity contribution in [3.05, 3.63) is 30.5 Å². The van der Waals surface area contributed by atoms with Crippen LogP contribution < -0.4 is 5.73 Å². The number of nitrogens with two attached hydrogens (primary N) is 1. The molecule has 0 saturated heterocycles. The Morgan fingerprint density at radius 1 is 1.35 bits per heavy atom. The predicted molar refractivity (Wildman–Crippen MR) is 68.2 cm³/mol. The first kappa shape index (κ1) is 10.2. The topological polar surface area (TPSA) is 54.7 Å². The number of benzene rings is 1. The molecule has 0 amide bonds. The van der Waals surface area contributed by atoms with E-state index >= 15 is 0 Å². The minimum atomic E-state index is 0.227. The largest absolute Gasteiger partial charge is 0.398 e. The minimum absolute atomic E-state index is 0.227. The van der Waals surface area contributed by atoms with Crippen LogP contribution in [-0.4, -0.2) is 4.57 Å². The van der Waals surface area contributed by atoms with Gasteiger partial charge in [0, 0.05) is 35.7 Å². The average Bonchev–Trinajstić information content (AvgIpc) is 2.93. The van der Waals surface area contributed by atoms with Crippen molar-refractivity contribution in [1.29, 1.82) is 5.26 Å². The highest BCUT2D eigenvalue weighted by Gasteiger charge is 2.42. The van der Waals surface area contributed by atoms with Crippen LogP contribution in [-0.2, 0) is 6.54 Å². The lowest BCUT2D eigenvalue weighted by Crippen LogP contribution is -2.10. The highest BCUT2D eigenvalue weighted by molar-refractivity contribution is 5.91. The first-order valence-electron chi connectivity index (χ1n) is 5.94. The van der Waals surface area contributed by atoms with Crippen molar-refractivity contribution in [3.63, 3.8) is 0 Å². The first-order chi connectivity index (χ1) is 8.24. The molecular formula is C14H15N3. The van der Waals surface area contributed by atoms with Crippen molar-refractivity contribution >= 4 is 16.6 Å². The maximum atomic E-state index is 8.85. The molecule has 3 nitrogen and oxygen atoms in total. The Morgan fingerprint density at radius 2 is 2.18 bits per heavy atom. The van der Waals surface area contributed by atoms with Gasteiger partial charge in [-0.3, -0.25) is 0 Å². The third kappa shape index (κ3) is 1.66. The summed E-state index contributed by atoms with van der Waals surface area (Å²) in [5, 5.41) is 9.96. The Balaban J connectivity index is 1.97. The number of fused-ring (bicyclic) bond motifs is 1. The molecule has 86 valence electrons. The minimum Gasteiger partial charge on any atom is -0.398 e. The fourth-order valence-corrected chi connectivity index (χ4v) is 2.48. The van der Waals surface area contributed by atoms with Crippen molar-refractivity contribution in [2.75, 3.05) is 5.73 Å². The molecule has 1 fully saturated rings. The van der Waals surface area contributed by atoms with Crippen molar-refractivity contribution < 1.29 is 0 Å². The number of anilines is 1. The Hall–Kier alpha value is -1.95. The fraction of sp³-hybridized carbons (Fsp3) is 0.357. The number of hydrogen-bond donors (Lipinski definition) is 1. The molecule has 2 aromatic rings. The molecule has 0 radical (unpaired) electrons. The van der Waals surface area contributed by atoms with Gasteiger partial charge in [-0.2, -0.15) is 5.26 Å². The molecule has 1 aliphatic carbocycles. The highest BCUT2D eigenvalue weighted by atomic mass is 15.0. The lowest BCUT2D eigenvalue weighted by atomic mass is 10.0. The fourth-order valence-electron chi connectivity index (χ4n) is 2.48. The van der Waals surface area contributed by atoms with Gasteiger partial charge in [-0.15, -0.1) is 0 Å². The molecule has 1 aromatic heterocycles. The van der Waals surface area contributed by atoms with E-state index in [4.69, 9.17) is 11.0 Å². The second-order valence-electron chi connectivity index (χ2n) is 5.06. The van der Waals surface area contributed by atoms with Crippen LogP contribution in [0.3, 0.4) is 0 Å². The van der Waals surface area contributed by atoms with Gasteiger partial charge < -0.3 is 10.3 Å². The van der Waals surface area contributed by atoms with E-state index in [1.165, 1.54) is 18.4 Å². The third-order valence-corrected chi connectivity index (χ3v) is 3.76. The summed E-state index contributed by atoms with van der Waals surface area (Å²) in [6.07, 6.45) is 5.08. The lowest BCUT2D eigenvalue weighted by molar-refractivity contribution is 0.440. The molecule has 1 saturated carbocycles. The Morgan fingerprint density at radius 3 is 2.88 bits per heavy atom. The molecule has 2 N–H and O–H groups in total. The Kier molecular flexibility index (Phi) is 2.12. The van der Waals surface area contributed by atoms with Crippen molar-refractivity contribution in [2.45, 2.75) is 25.8 Å². The van der Waals surface area contributed by atoms with Crippen molar-refractivity contribution in [3.8, 4) is 6.07 Å². The summed E-state index contributed by atoms with van der Waals surface area (Å²) in [4.78, 5) is 0. The highest BCUT2D eigenvalue weighted by Crippen LogP contribution is 2.50. The standard InChI is InChI=1S/C14H15N3/c15-8-7-14(5-6-14)10-17-9-4-11-12(16)2-1-3-13(11)17/h1-4,9H,5-7,10,16H2. The van der Waals surface area contributed by atoms with Gasteiger partial charge in [0.1, 0.15) is 0 Å². The number of hydrogen-bond acceptors (Lipinski definition) is 2. The second kappa shape index (κ2) is 3.53. The Bertz CT molecular complexity index is 599. The molecule has 17 heavy (non-hydrogen) atoms. The van der Waals surface area contributed by atoms with Gasteiger partial charge in [0.15, 0.2) is 0 Å². The molecule has 1 aliphatic rings. The molecule has 1 heterocycles. The van der Waals surface area contributed by atoms with E-state index in [1.807, 2.05) is 12.1 Å². The van der Waals surface area contributed by atoms with Gasteiger partial charge in [-0.05, 0) is 31.0 Å². The number of rotatable bonds is 3. The normalized spacial score (nSPS) is 16.9. The third-order valence-electron chi connectivity index (χ3n) is 3.76. The maximum Gasteiger partial charge on any atom is 0.0628 e. The zero-order valence-corrected chi connectivity index (χ0v) is 9.69. The van der Waals surface area contributed by atoms with E-state index in [9.17, 15) is 0 Å². The summed E-state index contributed by atoms with van der Waals surface area (Å²) < 4.78 is 2.23. The van der Waals surface area contributed by atoms with Crippen LogP contribution in [0.15, 0.2) is 30.5 Å². The molecule has 0 atom stereocenters. The van der Waals surface area contributed by atoms with Crippen LogP contribution in [0, 0.1) is 16.7 Å². The smallest absolute Gasteiger partial charge is 0.0628 e. The van der Waals surface area contributed by atoms with Gasteiger partial charge in [0.25, 0.3) is 0 Å². The van der Waals surface area contributed by atoms with Crippen LogP contribution in [0.5, 0.6) is 0 Å². The molecule has 0 unspecified atom stereocenters. The van der Waals surface area contributed by atoms with Gasteiger partial charge in [-0.25, -0.2) is 0 Å². The molecule has 3 rings (SSSR count). The molecule has 0 bridgehead atoms. The van der Waals surface area contributed by atoms with Crippen LogP contribution in [0.4, 0.5) is 5.69 Å². The molecule has 0 aliphatic heterocycles. The number of nitrogen functional groups attached to an aromatic ring is 1. The van der Waals surface area contributed by atoms with E-state index in [0.29, 0.717) is 6.42 Å². The summed E-state index contributed by atoms with van der Waals surface area (Å²) >= 11 is 0. The molecule has 1 aromatic carbocycles. The van der Waals surface area contributed by atoms with Crippen LogP contribution in [0.25, 0.3) is 10.9 Å². The SMILES string of the molecule is N#CCC1(Cn2ccc3c(N)cccc32)CC1. The van der Waals surface area contributed by atoms with E-state index in [2.05, 4.69) is 29.0 Å². The first-order valence-corrected chi connectivity index (χ1v) is 5.94. The van der Waals surface area contributed by atoms with Gasteiger partial charge in [-0.1, -0.05) is 6.07 Å². The van der Waals surface area contributed by atoms with E-state index < -0.39 is 0 Å². The lowest BCUT2D eigenvalue weighted by Gasteiger charge is -2.13. The van der Waals surface area contributed by atoms with E-state index in [-0.39, 0.29) is 5.41 Å². The van der Waals surface area contributed by atoms with E-state index in [1.54, 1.807) is 0 Å². The van der Waals surface area contributed by atoms with E-state index in [0.717, 1.165) is 17.6 Å². The Labute approximate surface area is 100 Å². The molecule has 0 spiro atoms. The zero-order valence-electron chi connectivity index (χ0n) is 9.69. The van der Waals surface area contributed by atoms with Gasteiger partial charge in [0.05, 0.1) is 11.6 Å². The average molecular weight is 225 g/mol. The summed E-state index contributed by atoms with van der Waals surface area (Å²) in [7, 11) is 0. The molecule has 3 heteroatoms. The monoisotopic (exact) mass is 225 g/mol.